The molecule has 2 rings (SSSR count). The normalized spacial score (nSPS) is 14.1. The Morgan fingerprint density at radius 1 is 1.25 bits per heavy atom. The van der Waals surface area contributed by atoms with Crippen molar-refractivity contribution in [1.29, 1.82) is 0 Å². The second-order valence-corrected chi connectivity index (χ2v) is 3.51. The van der Waals surface area contributed by atoms with E-state index in [2.05, 4.69) is 43.0 Å². The molecule has 12 heavy (non-hydrogen) atoms. The zero-order chi connectivity index (χ0) is 8.55. The summed E-state index contributed by atoms with van der Waals surface area (Å²) in [5.74, 6) is 0.550. The Labute approximate surface area is 73.8 Å². The molecule has 1 aliphatic heterocycles. The Kier molecular flexibility index (Phi) is 1.76. The van der Waals surface area contributed by atoms with E-state index in [0.29, 0.717) is 5.92 Å². The van der Waals surface area contributed by atoms with Crippen molar-refractivity contribution in [3.63, 3.8) is 0 Å². The van der Waals surface area contributed by atoms with E-state index >= 15 is 0 Å². The summed E-state index contributed by atoms with van der Waals surface area (Å²) in [5, 5.41) is 0. The Balaban J connectivity index is 2.45. The van der Waals surface area contributed by atoms with Crippen molar-refractivity contribution < 1.29 is 0 Å². The zero-order valence-corrected chi connectivity index (χ0v) is 7.54. The molecule has 0 saturated carbocycles. The minimum absolute atomic E-state index is 0.550. The average Bonchev–Trinajstić information content (AvgIpc) is 2.47. The first-order valence-electron chi connectivity index (χ1n) is 4.41. The molecule has 0 fully saturated rings. The van der Waals surface area contributed by atoms with E-state index in [-0.39, 0.29) is 0 Å². The Bertz CT molecular complexity index is 328. The summed E-state index contributed by atoms with van der Waals surface area (Å²) in [6.45, 7) is 4.39. The van der Waals surface area contributed by atoms with Crippen molar-refractivity contribution in [1.82, 2.24) is 0 Å². The molecule has 1 aromatic rings. The van der Waals surface area contributed by atoms with Crippen LogP contribution in [0.15, 0.2) is 29.2 Å². The maximum absolute atomic E-state index is 4.52. The maximum atomic E-state index is 4.52. The van der Waals surface area contributed by atoms with Gasteiger partial charge in [-0.25, -0.2) is 0 Å². The lowest BCUT2D eigenvalue weighted by molar-refractivity contribution is 0.890. The standard InChI is InChI=1S/C10H12BN/c1-7(2)10-8-5-3-4-6-9(8)11-12-10/h3-7,11H,1-2H3. The van der Waals surface area contributed by atoms with Gasteiger partial charge >= 0.3 is 0 Å². The lowest BCUT2D eigenvalue weighted by Gasteiger charge is -2.06. The number of rotatable bonds is 1. The van der Waals surface area contributed by atoms with Crippen molar-refractivity contribution in [3.8, 4) is 0 Å². The first-order chi connectivity index (χ1) is 5.79. The minimum Gasteiger partial charge on any atom is -0.343 e. The van der Waals surface area contributed by atoms with E-state index in [4.69, 9.17) is 0 Å². The number of hydrogen-bond acceptors (Lipinski definition) is 1. The van der Waals surface area contributed by atoms with Crippen molar-refractivity contribution >= 4 is 18.6 Å². The fraction of sp³-hybridized carbons (Fsp3) is 0.300. The molecule has 1 heterocycles. The van der Waals surface area contributed by atoms with Gasteiger partial charge in [-0.05, 0) is 16.9 Å². The molecule has 0 atom stereocenters. The molecule has 0 saturated heterocycles. The van der Waals surface area contributed by atoms with Gasteiger partial charge in [0.25, 0.3) is 7.41 Å². The molecular weight excluding hydrogens is 145 g/mol. The third-order valence-electron chi connectivity index (χ3n) is 2.26. The van der Waals surface area contributed by atoms with Crippen LogP contribution in [0.1, 0.15) is 19.4 Å². The van der Waals surface area contributed by atoms with Gasteiger partial charge in [0.15, 0.2) is 0 Å². The van der Waals surface area contributed by atoms with Crippen LogP contribution < -0.4 is 5.46 Å². The van der Waals surface area contributed by atoms with E-state index in [1.54, 1.807) is 0 Å². The van der Waals surface area contributed by atoms with Gasteiger partial charge in [0.2, 0.25) is 0 Å². The summed E-state index contributed by atoms with van der Waals surface area (Å²) < 4.78 is 0. The molecule has 0 aromatic heterocycles. The Morgan fingerprint density at radius 3 is 2.75 bits per heavy atom. The molecule has 2 heteroatoms. The molecule has 0 N–H and O–H groups in total. The Morgan fingerprint density at radius 2 is 2.00 bits per heavy atom. The van der Waals surface area contributed by atoms with Crippen LogP contribution in [0.3, 0.4) is 0 Å². The molecule has 0 radical (unpaired) electrons. The monoisotopic (exact) mass is 157 g/mol. The molecule has 1 aromatic carbocycles. The highest BCUT2D eigenvalue weighted by Gasteiger charge is 2.17. The van der Waals surface area contributed by atoms with Gasteiger partial charge in [-0.15, -0.1) is 0 Å². The summed E-state index contributed by atoms with van der Waals surface area (Å²) in [5.41, 5.74) is 4.00. The zero-order valence-electron chi connectivity index (χ0n) is 7.54. The van der Waals surface area contributed by atoms with Crippen LogP contribution in [0.4, 0.5) is 0 Å². The van der Waals surface area contributed by atoms with Crippen molar-refractivity contribution in [2.45, 2.75) is 13.8 Å². The fourth-order valence-corrected chi connectivity index (χ4v) is 1.66. The minimum atomic E-state index is 0.550. The number of nitrogens with zero attached hydrogens (tertiary/aromatic N) is 1. The van der Waals surface area contributed by atoms with Gasteiger partial charge in [-0.3, -0.25) is 0 Å². The average molecular weight is 157 g/mol. The highest BCUT2D eigenvalue weighted by Crippen LogP contribution is 2.11. The summed E-state index contributed by atoms with van der Waals surface area (Å²) in [6.07, 6.45) is 0. The van der Waals surface area contributed by atoms with Gasteiger partial charge in [0.1, 0.15) is 0 Å². The molecule has 0 bridgehead atoms. The topological polar surface area (TPSA) is 12.4 Å². The predicted octanol–water partition coefficient (Wildman–Crippen LogP) is 1.12. The van der Waals surface area contributed by atoms with Crippen LogP contribution >= 0.6 is 0 Å². The summed E-state index contributed by atoms with van der Waals surface area (Å²) in [6, 6.07) is 8.50. The summed E-state index contributed by atoms with van der Waals surface area (Å²) in [4.78, 5) is 4.52. The predicted molar refractivity (Wildman–Crippen MR) is 54.6 cm³/mol. The van der Waals surface area contributed by atoms with Crippen LogP contribution in [0, 0.1) is 5.92 Å². The van der Waals surface area contributed by atoms with Crippen LogP contribution in [0.25, 0.3) is 0 Å². The van der Waals surface area contributed by atoms with E-state index in [1.807, 2.05) is 0 Å². The number of hydrogen-bond donors (Lipinski definition) is 0. The first kappa shape index (κ1) is 7.60. The van der Waals surface area contributed by atoms with Gasteiger partial charge in [0.05, 0.1) is 0 Å². The fourth-order valence-electron chi connectivity index (χ4n) is 1.66. The van der Waals surface area contributed by atoms with Crippen LogP contribution in [-0.4, -0.2) is 13.1 Å². The third kappa shape index (κ3) is 1.08. The van der Waals surface area contributed by atoms with Gasteiger partial charge in [-0.1, -0.05) is 38.1 Å². The molecule has 0 aliphatic carbocycles. The summed E-state index contributed by atoms with van der Waals surface area (Å²) in [7, 11) is 0.879. The molecule has 0 spiro atoms. The second-order valence-electron chi connectivity index (χ2n) is 3.51. The molecule has 1 aliphatic rings. The van der Waals surface area contributed by atoms with Crippen molar-refractivity contribution in [3.05, 3.63) is 29.8 Å². The molecule has 1 nitrogen and oxygen atoms in total. The SMILES string of the molecule is CC(C)C1=NBc2ccccc21. The van der Waals surface area contributed by atoms with Crippen molar-refractivity contribution in [2.75, 3.05) is 0 Å². The lowest BCUT2D eigenvalue weighted by Crippen LogP contribution is -2.14. The molecular formula is C10H12BN. The third-order valence-corrected chi connectivity index (χ3v) is 2.26. The Hall–Kier alpha value is -1.05. The smallest absolute Gasteiger partial charge is 0.295 e. The van der Waals surface area contributed by atoms with Gasteiger partial charge in [-0.2, -0.15) is 0 Å². The highest BCUT2D eigenvalue weighted by molar-refractivity contribution is 6.59. The second kappa shape index (κ2) is 2.78. The molecule has 0 unspecified atom stereocenters. The van der Waals surface area contributed by atoms with E-state index in [9.17, 15) is 0 Å². The maximum Gasteiger partial charge on any atom is 0.295 e. The van der Waals surface area contributed by atoms with Gasteiger partial charge in [0, 0.05) is 5.71 Å². The summed E-state index contributed by atoms with van der Waals surface area (Å²) >= 11 is 0. The lowest BCUT2D eigenvalue weighted by atomic mass is 9.83. The number of fused-ring (bicyclic) bond motifs is 1. The molecule has 0 amide bonds. The van der Waals surface area contributed by atoms with Crippen LogP contribution in [0.2, 0.25) is 0 Å². The van der Waals surface area contributed by atoms with E-state index in [0.717, 1.165) is 7.41 Å². The van der Waals surface area contributed by atoms with Crippen molar-refractivity contribution in [2.24, 2.45) is 10.8 Å². The van der Waals surface area contributed by atoms with E-state index < -0.39 is 0 Å². The van der Waals surface area contributed by atoms with E-state index in [1.165, 1.54) is 16.7 Å². The quantitative estimate of drug-likeness (QED) is 0.541. The highest BCUT2D eigenvalue weighted by atomic mass is 14.7. The number of benzene rings is 1. The molecule has 60 valence electrons. The van der Waals surface area contributed by atoms with Gasteiger partial charge < -0.3 is 4.90 Å². The van der Waals surface area contributed by atoms with Crippen LogP contribution in [-0.2, 0) is 0 Å². The first-order valence-corrected chi connectivity index (χ1v) is 4.41. The van der Waals surface area contributed by atoms with Crippen LogP contribution in [0.5, 0.6) is 0 Å². The largest absolute Gasteiger partial charge is 0.343 e.